The molecule has 0 bridgehead atoms. The SMILES string of the molecule is CCc1cc(-c2nnnn2C2(C(=O)O)CCC2)n(C)n1. The minimum atomic E-state index is -1.00. The van der Waals surface area contributed by atoms with Crippen LogP contribution in [0, 0.1) is 0 Å². The Hall–Kier alpha value is -2.25. The fourth-order valence-corrected chi connectivity index (χ4v) is 2.57. The highest BCUT2D eigenvalue weighted by Crippen LogP contribution is 2.40. The molecule has 1 aliphatic rings. The topological polar surface area (TPSA) is 98.7 Å². The number of hydrogen-bond acceptors (Lipinski definition) is 5. The maximum absolute atomic E-state index is 11.6. The van der Waals surface area contributed by atoms with Crippen molar-refractivity contribution >= 4 is 5.97 Å². The lowest BCUT2D eigenvalue weighted by atomic mass is 9.77. The zero-order valence-corrected chi connectivity index (χ0v) is 11.4. The number of aryl methyl sites for hydroxylation is 2. The molecule has 3 rings (SSSR count). The number of carboxylic acid groups (broad SMARTS) is 1. The molecule has 0 radical (unpaired) electrons. The molecule has 0 spiro atoms. The number of rotatable bonds is 4. The van der Waals surface area contributed by atoms with E-state index in [0.29, 0.717) is 18.7 Å². The predicted octanol–water partition coefficient (Wildman–Crippen LogP) is 0.600. The summed E-state index contributed by atoms with van der Waals surface area (Å²) in [7, 11) is 1.81. The zero-order valence-electron chi connectivity index (χ0n) is 11.4. The van der Waals surface area contributed by atoms with Crippen molar-refractivity contribution in [2.24, 2.45) is 7.05 Å². The number of tetrazole rings is 1. The van der Waals surface area contributed by atoms with E-state index in [4.69, 9.17) is 0 Å². The van der Waals surface area contributed by atoms with Crippen LogP contribution in [0.4, 0.5) is 0 Å². The van der Waals surface area contributed by atoms with Gasteiger partial charge in [-0.25, -0.2) is 9.48 Å². The van der Waals surface area contributed by atoms with Gasteiger partial charge in [-0.05, 0) is 42.2 Å². The minimum absolute atomic E-state index is 0.460. The largest absolute Gasteiger partial charge is 0.479 e. The summed E-state index contributed by atoms with van der Waals surface area (Å²) in [5.74, 6) is -0.419. The first-order chi connectivity index (χ1) is 9.58. The molecule has 0 atom stereocenters. The molecule has 1 N–H and O–H groups in total. The number of aromatic nitrogens is 6. The molecule has 0 saturated heterocycles. The molecule has 0 aliphatic heterocycles. The molecule has 8 heteroatoms. The van der Waals surface area contributed by atoms with E-state index >= 15 is 0 Å². The number of carbonyl (C=O) groups is 1. The Morgan fingerprint density at radius 1 is 1.50 bits per heavy atom. The summed E-state index contributed by atoms with van der Waals surface area (Å²) in [6.07, 6.45) is 2.79. The van der Waals surface area contributed by atoms with Crippen molar-refractivity contribution in [2.45, 2.75) is 38.1 Å². The lowest BCUT2D eigenvalue weighted by Gasteiger charge is -2.37. The van der Waals surface area contributed by atoms with E-state index in [1.54, 1.807) is 4.68 Å². The zero-order chi connectivity index (χ0) is 14.3. The summed E-state index contributed by atoms with van der Waals surface area (Å²) in [4.78, 5) is 11.6. The second-order valence-corrected chi connectivity index (χ2v) is 5.10. The van der Waals surface area contributed by atoms with Crippen LogP contribution in [0.25, 0.3) is 11.5 Å². The average molecular weight is 276 g/mol. The molecule has 1 aliphatic carbocycles. The van der Waals surface area contributed by atoms with Gasteiger partial charge in [-0.3, -0.25) is 4.68 Å². The Kier molecular flexibility index (Phi) is 2.81. The second-order valence-electron chi connectivity index (χ2n) is 5.10. The van der Waals surface area contributed by atoms with Crippen LogP contribution in [0.15, 0.2) is 6.07 Å². The average Bonchev–Trinajstić information content (AvgIpc) is 2.94. The quantitative estimate of drug-likeness (QED) is 0.878. The van der Waals surface area contributed by atoms with Crippen molar-refractivity contribution < 1.29 is 9.90 Å². The van der Waals surface area contributed by atoms with Crippen molar-refractivity contribution in [1.82, 2.24) is 30.0 Å². The van der Waals surface area contributed by atoms with Gasteiger partial charge in [0.25, 0.3) is 0 Å². The van der Waals surface area contributed by atoms with E-state index in [1.165, 1.54) is 4.68 Å². The summed E-state index contributed by atoms with van der Waals surface area (Å²) in [5.41, 5.74) is 0.657. The maximum atomic E-state index is 11.6. The highest BCUT2D eigenvalue weighted by atomic mass is 16.4. The van der Waals surface area contributed by atoms with Gasteiger partial charge in [0.1, 0.15) is 5.69 Å². The smallest absolute Gasteiger partial charge is 0.331 e. The molecule has 0 unspecified atom stereocenters. The van der Waals surface area contributed by atoms with E-state index < -0.39 is 11.5 Å². The van der Waals surface area contributed by atoms with Crippen LogP contribution in [0.5, 0.6) is 0 Å². The molecular formula is C12H16N6O2. The van der Waals surface area contributed by atoms with Crippen molar-refractivity contribution in [3.8, 4) is 11.5 Å². The molecule has 1 saturated carbocycles. The van der Waals surface area contributed by atoms with Crippen LogP contribution in [0.1, 0.15) is 31.9 Å². The normalized spacial score (nSPS) is 16.9. The van der Waals surface area contributed by atoms with Gasteiger partial charge in [0.05, 0.1) is 5.69 Å². The molecule has 1 fully saturated rings. The van der Waals surface area contributed by atoms with Gasteiger partial charge in [0.15, 0.2) is 5.54 Å². The lowest BCUT2D eigenvalue weighted by Crippen LogP contribution is -2.48. The van der Waals surface area contributed by atoms with Crippen LogP contribution < -0.4 is 0 Å². The molecule has 8 nitrogen and oxygen atoms in total. The van der Waals surface area contributed by atoms with E-state index in [9.17, 15) is 9.90 Å². The van der Waals surface area contributed by atoms with Crippen molar-refractivity contribution in [3.05, 3.63) is 11.8 Å². The Labute approximate surface area is 115 Å². The number of nitrogens with zero attached hydrogens (tertiary/aromatic N) is 6. The summed E-state index contributed by atoms with van der Waals surface area (Å²) in [6, 6.07) is 1.90. The number of hydrogen-bond donors (Lipinski definition) is 1. The molecule has 0 amide bonds. The van der Waals surface area contributed by atoms with E-state index in [-0.39, 0.29) is 0 Å². The van der Waals surface area contributed by atoms with Gasteiger partial charge >= 0.3 is 5.97 Å². The molecule has 20 heavy (non-hydrogen) atoms. The van der Waals surface area contributed by atoms with Crippen LogP contribution in [-0.2, 0) is 23.8 Å². The lowest BCUT2D eigenvalue weighted by molar-refractivity contribution is -0.153. The maximum Gasteiger partial charge on any atom is 0.331 e. The molecule has 0 aromatic carbocycles. The Balaban J connectivity index is 2.10. The van der Waals surface area contributed by atoms with Crippen LogP contribution in [0.3, 0.4) is 0 Å². The third-order valence-electron chi connectivity index (χ3n) is 3.98. The number of aliphatic carboxylic acids is 1. The van der Waals surface area contributed by atoms with Gasteiger partial charge in [-0.1, -0.05) is 6.92 Å². The molecule has 2 aromatic rings. The van der Waals surface area contributed by atoms with Gasteiger partial charge in [-0.15, -0.1) is 5.10 Å². The van der Waals surface area contributed by atoms with Gasteiger partial charge in [-0.2, -0.15) is 5.10 Å². The van der Waals surface area contributed by atoms with Crippen molar-refractivity contribution in [1.29, 1.82) is 0 Å². The van der Waals surface area contributed by atoms with Gasteiger partial charge in [0, 0.05) is 7.05 Å². The second kappa shape index (κ2) is 4.39. The molecule has 2 aromatic heterocycles. The fourth-order valence-electron chi connectivity index (χ4n) is 2.57. The third-order valence-corrected chi connectivity index (χ3v) is 3.98. The molecular weight excluding hydrogens is 260 g/mol. The van der Waals surface area contributed by atoms with Crippen LogP contribution in [0.2, 0.25) is 0 Å². The minimum Gasteiger partial charge on any atom is -0.479 e. The third kappa shape index (κ3) is 1.64. The van der Waals surface area contributed by atoms with Crippen molar-refractivity contribution in [3.63, 3.8) is 0 Å². The Morgan fingerprint density at radius 2 is 2.25 bits per heavy atom. The fraction of sp³-hybridized carbons (Fsp3) is 0.583. The molecule has 2 heterocycles. The van der Waals surface area contributed by atoms with Crippen LogP contribution in [-0.4, -0.2) is 41.1 Å². The standard InChI is InChI=1S/C12H16N6O2/c1-3-8-7-9(17(2)14-8)10-13-15-16-18(10)12(11(19)20)5-4-6-12/h7H,3-6H2,1-2H3,(H,19,20). The summed E-state index contributed by atoms with van der Waals surface area (Å²) >= 11 is 0. The number of carboxylic acids is 1. The Morgan fingerprint density at radius 3 is 2.75 bits per heavy atom. The summed E-state index contributed by atoms with van der Waals surface area (Å²) in [5, 5.41) is 25.5. The first-order valence-electron chi connectivity index (χ1n) is 6.64. The predicted molar refractivity (Wildman–Crippen MR) is 68.9 cm³/mol. The van der Waals surface area contributed by atoms with E-state index in [2.05, 4.69) is 20.6 Å². The van der Waals surface area contributed by atoms with Crippen LogP contribution >= 0.6 is 0 Å². The Bertz CT molecular complexity index is 655. The highest BCUT2D eigenvalue weighted by Gasteiger charge is 2.49. The van der Waals surface area contributed by atoms with E-state index in [1.807, 2.05) is 20.0 Å². The van der Waals surface area contributed by atoms with Gasteiger partial charge < -0.3 is 5.11 Å². The molecule has 106 valence electrons. The summed E-state index contributed by atoms with van der Waals surface area (Å²) in [6.45, 7) is 2.01. The van der Waals surface area contributed by atoms with Gasteiger partial charge in [0.2, 0.25) is 5.82 Å². The first kappa shape index (κ1) is 12.8. The monoisotopic (exact) mass is 276 g/mol. The van der Waals surface area contributed by atoms with E-state index in [0.717, 1.165) is 24.2 Å². The first-order valence-corrected chi connectivity index (χ1v) is 6.64. The summed E-state index contributed by atoms with van der Waals surface area (Å²) < 4.78 is 3.13. The van der Waals surface area contributed by atoms with Crippen molar-refractivity contribution in [2.75, 3.05) is 0 Å². The highest BCUT2D eigenvalue weighted by molar-refractivity contribution is 5.78.